The first-order valence-corrected chi connectivity index (χ1v) is 5.79. The Kier molecular flexibility index (Phi) is 3.10. The zero-order valence-corrected chi connectivity index (χ0v) is 10.1. The van der Waals surface area contributed by atoms with Gasteiger partial charge >= 0.3 is 0 Å². The van der Waals surface area contributed by atoms with Gasteiger partial charge in [0.15, 0.2) is 0 Å². The van der Waals surface area contributed by atoms with E-state index in [1.165, 1.54) is 0 Å². The molecule has 0 atom stereocenters. The molecule has 4 heteroatoms. The molecule has 1 aliphatic rings. The lowest BCUT2D eigenvalue weighted by Gasteiger charge is -2.34. The topological polar surface area (TPSA) is 38.0 Å². The number of halogens is 2. The van der Waals surface area contributed by atoms with Crippen LogP contribution >= 0.6 is 23.2 Å². The van der Waals surface area contributed by atoms with E-state index < -0.39 is 0 Å². The van der Waals surface area contributed by atoms with Gasteiger partial charge < -0.3 is 11.1 Å². The fraction of sp³-hybridized carbons (Fsp3) is 0.455. The van der Waals surface area contributed by atoms with Gasteiger partial charge in [0.2, 0.25) is 0 Å². The van der Waals surface area contributed by atoms with Gasteiger partial charge in [-0.25, -0.2) is 0 Å². The first-order chi connectivity index (χ1) is 7.06. The van der Waals surface area contributed by atoms with Crippen LogP contribution in [-0.4, -0.2) is 12.1 Å². The average Bonchev–Trinajstić information content (AvgIpc) is 2.11. The summed E-state index contributed by atoms with van der Waals surface area (Å²) < 4.78 is 0. The molecule has 0 heterocycles. The second kappa shape index (κ2) is 4.20. The summed E-state index contributed by atoms with van der Waals surface area (Å²) in [6, 6.07) is 4.53. The Morgan fingerprint density at radius 1 is 1.27 bits per heavy atom. The van der Waals surface area contributed by atoms with Crippen molar-refractivity contribution in [2.24, 2.45) is 5.73 Å². The maximum Gasteiger partial charge on any atom is 0.0641 e. The van der Waals surface area contributed by atoms with Crippen molar-refractivity contribution in [3.63, 3.8) is 0 Å². The van der Waals surface area contributed by atoms with E-state index in [0.717, 1.165) is 34.1 Å². The van der Waals surface area contributed by atoms with Gasteiger partial charge in [0.05, 0.1) is 10.7 Å². The number of benzene rings is 1. The van der Waals surface area contributed by atoms with Crippen LogP contribution in [0.25, 0.3) is 0 Å². The summed E-state index contributed by atoms with van der Waals surface area (Å²) in [6.07, 6.45) is 2.00. The lowest BCUT2D eigenvalue weighted by molar-refractivity contribution is 0.374. The molecule has 1 aromatic carbocycles. The molecular formula is C11H14Cl2N2. The Balaban J connectivity index is 2.11. The Morgan fingerprint density at radius 3 is 2.53 bits per heavy atom. The summed E-state index contributed by atoms with van der Waals surface area (Å²) in [5, 5.41) is 4.81. The van der Waals surface area contributed by atoms with Crippen molar-refractivity contribution in [3.05, 3.63) is 27.7 Å². The van der Waals surface area contributed by atoms with E-state index >= 15 is 0 Å². The molecule has 0 unspecified atom stereocenters. The third-order valence-electron chi connectivity index (χ3n) is 2.78. The van der Waals surface area contributed by atoms with Crippen LogP contribution in [0.5, 0.6) is 0 Å². The minimum atomic E-state index is 0.335. The lowest BCUT2D eigenvalue weighted by Crippen LogP contribution is -2.44. The molecule has 0 saturated heterocycles. The van der Waals surface area contributed by atoms with Gasteiger partial charge in [-0.2, -0.15) is 0 Å². The van der Waals surface area contributed by atoms with E-state index in [-0.39, 0.29) is 0 Å². The van der Waals surface area contributed by atoms with Gasteiger partial charge in [-0.15, -0.1) is 0 Å². The monoisotopic (exact) mass is 244 g/mol. The van der Waals surface area contributed by atoms with E-state index in [9.17, 15) is 0 Å². The van der Waals surface area contributed by atoms with Crippen molar-refractivity contribution in [2.75, 3.05) is 5.32 Å². The van der Waals surface area contributed by atoms with Crippen LogP contribution in [0.3, 0.4) is 0 Å². The van der Waals surface area contributed by atoms with Crippen LogP contribution < -0.4 is 11.1 Å². The van der Waals surface area contributed by atoms with E-state index in [0.29, 0.717) is 12.1 Å². The summed E-state index contributed by atoms with van der Waals surface area (Å²) in [7, 11) is 0. The van der Waals surface area contributed by atoms with Gasteiger partial charge in [-0.3, -0.25) is 0 Å². The summed E-state index contributed by atoms with van der Waals surface area (Å²) in [5.74, 6) is 0. The van der Waals surface area contributed by atoms with E-state index in [1.807, 2.05) is 19.1 Å². The van der Waals surface area contributed by atoms with Crippen molar-refractivity contribution < 1.29 is 0 Å². The molecule has 82 valence electrons. The van der Waals surface area contributed by atoms with E-state index in [1.54, 1.807) is 0 Å². The fourth-order valence-corrected chi connectivity index (χ4v) is 2.19. The highest BCUT2D eigenvalue weighted by Crippen LogP contribution is 2.31. The molecule has 1 aromatic rings. The van der Waals surface area contributed by atoms with Crippen molar-refractivity contribution >= 4 is 28.9 Å². The van der Waals surface area contributed by atoms with Gasteiger partial charge in [0.1, 0.15) is 0 Å². The molecule has 3 N–H and O–H groups in total. The third-order valence-corrected chi connectivity index (χ3v) is 3.50. The number of aryl methyl sites for hydroxylation is 1. The van der Waals surface area contributed by atoms with E-state index in [4.69, 9.17) is 28.9 Å². The molecule has 2 rings (SSSR count). The maximum absolute atomic E-state index is 6.11. The zero-order chi connectivity index (χ0) is 11.0. The number of rotatable bonds is 2. The normalized spacial score (nSPS) is 24.8. The summed E-state index contributed by atoms with van der Waals surface area (Å²) >= 11 is 12.1. The highest BCUT2D eigenvalue weighted by Gasteiger charge is 2.26. The zero-order valence-electron chi connectivity index (χ0n) is 8.56. The van der Waals surface area contributed by atoms with E-state index in [2.05, 4.69) is 5.32 Å². The predicted molar refractivity (Wildman–Crippen MR) is 65.8 cm³/mol. The Labute approximate surface area is 99.7 Å². The molecular weight excluding hydrogens is 231 g/mol. The Bertz CT molecular complexity index is 373. The predicted octanol–water partition coefficient (Wildman–Crippen LogP) is 3.20. The molecule has 2 nitrogen and oxygen atoms in total. The van der Waals surface area contributed by atoms with Crippen LogP contribution in [0.2, 0.25) is 10.0 Å². The third kappa shape index (κ3) is 2.39. The molecule has 0 bridgehead atoms. The van der Waals surface area contributed by atoms with Crippen molar-refractivity contribution in [1.82, 2.24) is 0 Å². The number of anilines is 1. The van der Waals surface area contributed by atoms with Crippen molar-refractivity contribution in [1.29, 1.82) is 0 Å². The SMILES string of the molecule is Cc1cc(Cl)c(NC2CC(N)C2)cc1Cl. The molecule has 0 radical (unpaired) electrons. The standard InChI is InChI=1S/C11H14Cl2N2/c1-6-2-10(13)11(5-9(6)12)15-8-3-7(14)4-8/h2,5,7-8,15H,3-4,14H2,1H3. The highest BCUT2D eigenvalue weighted by molar-refractivity contribution is 6.35. The fourth-order valence-electron chi connectivity index (χ4n) is 1.76. The number of nitrogens with two attached hydrogens (primary N) is 1. The molecule has 1 saturated carbocycles. The first kappa shape index (κ1) is 11.1. The molecule has 0 amide bonds. The second-order valence-electron chi connectivity index (χ2n) is 4.15. The smallest absolute Gasteiger partial charge is 0.0641 e. The maximum atomic E-state index is 6.11. The van der Waals surface area contributed by atoms with Gasteiger partial charge in [0.25, 0.3) is 0 Å². The molecule has 1 fully saturated rings. The molecule has 0 aliphatic heterocycles. The van der Waals surface area contributed by atoms with Crippen LogP contribution in [0.4, 0.5) is 5.69 Å². The van der Waals surface area contributed by atoms with Crippen LogP contribution in [-0.2, 0) is 0 Å². The molecule has 15 heavy (non-hydrogen) atoms. The Hall–Kier alpha value is -0.440. The number of hydrogen-bond acceptors (Lipinski definition) is 2. The second-order valence-corrected chi connectivity index (χ2v) is 4.97. The van der Waals surface area contributed by atoms with Gasteiger partial charge in [-0.05, 0) is 37.5 Å². The molecule has 1 aliphatic carbocycles. The first-order valence-electron chi connectivity index (χ1n) is 5.04. The Morgan fingerprint density at radius 2 is 1.93 bits per heavy atom. The van der Waals surface area contributed by atoms with Crippen LogP contribution in [0, 0.1) is 6.92 Å². The largest absolute Gasteiger partial charge is 0.381 e. The van der Waals surface area contributed by atoms with Crippen LogP contribution in [0.15, 0.2) is 12.1 Å². The number of hydrogen-bond donors (Lipinski definition) is 2. The van der Waals surface area contributed by atoms with Crippen LogP contribution in [0.1, 0.15) is 18.4 Å². The summed E-state index contributed by atoms with van der Waals surface area (Å²) in [5.41, 5.74) is 7.62. The number of nitrogens with one attached hydrogen (secondary N) is 1. The summed E-state index contributed by atoms with van der Waals surface area (Å²) in [4.78, 5) is 0. The molecule has 0 aromatic heterocycles. The highest BCUT2D eigenvalue weighted by atomic mass is 35.5. The van der Waals surface area contributed by atoms with Crippen molar-refractivity contribution in [2.45, 2.75) is 31.8 Å². The minimum absolute atomic E-state index is 0.335. The molecule has 0 spiro atoms. The van der Waals surface area contributed by atoms with Gasteiger partial charge in [-0.1, -0.05) is 23.2 Å². The van der Waals surface area contributed by atoms with Gasteiger partial charge in [0, 0.05) is 17.1 Å². The van der Waals surface area contributed by atoms with Crippen molar-refractivity contribution in [3.8, 4) is 0 Å². The lowest BCUT2D eigenvalue weighted by atomic mass is 9.87. The average molecular weight is 245 g/mol. The quantitative estimate of drug-likeness (QED) is 0.839. The summed E-state index contributed by atoms with van der Waals surface area (Å²) in [6.45, 7) is 1.94. The minimum Gasteiger partial charge on any atom is -0.381 e.